The standard InChI is InChI=1S/C12H23N3O2/c1-3-5-15-10-13-7-12(15)8-14-11(4-6-16)9-17-2/h7,10-11,14,16H,3-6,8-9H2,1-2H3. The molecular weight excluding hydrogens is 218 g/mol. The van der Waals surface area contributed by atoms with Crippen molar-refractivity contribution in [2.75, 3.05) is 20.3 Å². The largest absolute Gasteiger partial charge is 0.396 e. The van der Waals surface area contributed by atoms with Gasteiger partial charge in [-0.15, -0.1) is 0 Å². The summed E-state index contributed by atoms with van der Waals surface area (Å²) in [6, 6.07) is 0.190. The van der Waals surface area contributed by atoms with Crippen molar-refractivity contribution in [2.45, 2.75) is 38.9 Å². The van der Waals surface area contributed by atoms with Crippen molar-refractivity contribution in [1.82, 2.24) is 14.9 Å². The Balaban J connectivity index is 2.43. The Bertz CT molecular complexity index is 296. The number of imidazole rings is 1. The number of aryl methyl sites for hydroxylation is 1. The van der Waals surface area contributed by atoms with E-state index in [1.165, 1.54) is 5.69 Å². The van der Waals surface area contributed by atoms with E-state index in [9.17, 15) is 0 Å². The lowest BCUT2D eigenvalue weighted by molar-refractivity contribution is 0.147. The van der Waals surface area contributed by atoms with Gasteiger partial charge in [0.1, 0.15) is 0 Å². The van der Waals surface area contributed by atoms with Crippen LogP contribution >= 0.6 is 0 Å². The number of aliphatic hydroxyl groups excluding tert-OH is 1. The Morgan fingerprint density at radius 2 is 2.41 bits per heavy atom. The van der Waals surface area contributed by atoms with Crippen molar-refractivity contribution in [1.29, 1.82) is 0 Å². The molecule has 1 heterocycles. The molecule has 0 saturated heterocycles. The zero-order valence-electron chi connectivity index (χ0n) is 10.7. The van der Waals surface area contributed by atoms with E-state index < -0.39 is 0 Å². The molecular formula is C12H23N3O2. The van der Waals surface area contributed by atoms with Gasteiger partial charge >= 0.3 is 0 Å². The lowest BCUT2D eigenvalue weighted by Crippen LogP contribution is -2.34. The molecule has 2 N–H and O–H groups in total. The molecule has 1 atom stereocenters. The van der Waals surface area contributed by atoms with Gasteiger partial charge in [0.15, 0.2) is 0 Å². The molecule has 0 bridgehead atoms. The summed E-state index contributed by atoms with van der Waals surface area (Å²) in [6.07, 6.45) is 5.54. The van der Waals surface area contributed by atoms with Crippen molar-refractivity contribution in [3.05, 3.63) is 18.2 Å². The van der Waals surface area contributed by atoms with Crippen LogP contribution in [0.2, 0.25) is 0 Å². The lowest BCUT2D eigenvalue weighted by Gasteiger charge is -2.17. The predicted octanol–water partition coefficient (Wildman–Crippen LogP) is 0.780. The smallest absolute Gasteiger partial charge is 0.0948 e. The van der Waals surface area contributed by atoms with Crippen LogP contribution in [0.5, 0.6) is 0 Å². The van der Waals surface area contributed by atoms with Gasteiger partial charge < -0.3 is 19.7 Å². The van der Waals surface area contributed by atoms with Crippen molar-refractivity contribution < 1.29 is 9.84 Å². The molecule has 1 aromatic heterocycles. The van der Waals surface area contributed by atoms with E-state index in [1.807, 2.05) is 12.5 Å². The first-order valence-corrected chi connectivity index (χ1v) is 6.14. The molecule has 0 aliphatic rings. The molecule has 0 radical (unpaired) electrons. The van der Waals surface area contributed by atoms with Crippen LogP contribution in [0.15, 0.2) is 12.5 Å². The summed E-state index contributed by atoms with van der Waals surface area (Å²) < 4.78 is 7.26. The SMILES string of the molecule is CCCn1cncc1CNC(CCO)COC. The third-order valence-corrected chi connectivity index (χ3v) is 2.68. The first kappa shape index (κ1) is 14.2. The van der Waals surface area contributed by atoms with Gasteiger partial charge in [0.2, 0.25) is 0 Å². The summed E-state index contributed by atoms with van der Waals surface area (Å²) in [7, 11) is 1.67. The molecule has 5 nitrogen and oxygen atoms in total. The summed E-state index contributed by atoms with van der Waals surface area (Å²) >= 11 is 0. The number of aromatic nitrogens is 2. The predicted molar refractivity (Wildman–Crippen MR) is 66.7 cm³/mol. The van der Waals surface area contributed by atoms with Crippen LogP contribution in [0.4, 0.5) is 0 Å². The first-order valence-electron chi connectivity index (χ1n) is 6.14. The van der Waals surface area contributed by atoms with E-state index in [2.05, 4.69) is 21.8 Å². The Morgan fingerprint density at radius 3 is 3.06 bits per heavy atom. The average molecular weight is 241 g/mol. The number of aliphatic hydroxyl groups is 1. The summed E-state index contributed by atoms with van der Waals surface area (Å²) in [5.41, 5.74) is 1.17. The maximum Gasteiger partial charge on any atom is 0.0948 e. The number of rotatable bonds is 9. The quantitative estimate of drug-likeness (QED) is 0.671. The minimum atomic E-state index is 0.176. The third kappa shape index (κ3) is 4.85. The molecule has 1 rings (SSSR count). The van der Waals surface area contributed by atoms with Gasteiger partial charge in [0.05, 0.1) is 18.6 Å². The van der Waals surface area contributed by atoms with Crippen molar-refractivity contribution in [3.63, 3.8) is 0 Å². The van der Waals surface area contributed by atoms with E-state index in [1.54, 1.807) is 7.11 Å². The summed E-state index contributed by atoms with van der Waals surface area (Å²) in [4.78, 5) is 4.15. The van der Waals surface area contributed by atoms with Crippen LogP contribution in [0, 0.1) is 0 Å². The molecule has 0 spiro atoms. The fourth-order valence-electron chi connectivity index (χ4n) is 1.79. The van der Waals surface area contributed by atoms with Gasteiger partial charge in [0, 0.05) is 39.0 Å². The molecule has 0 saturated carbocycles. The molecule has 0 amide bonds. The van der Waals surface area contributed by atoms with Crippen molar-refractivity contribution in [3.8, 4) is 0 Å². The van der Waals surface area contributed by atoms with Crippen molar-refractivity contribution >= 4 is 0 Å². The Morgan fingerprint density at radius 1 is 1.59 bits per heavy atom. The van der Waals surface area contributed by atoms with Gasteiger partial charge in [-0.3, -0.25) is 0 Å². The number of hydrogen-bond donors (Lipinski definition) is 2. The number of nitrogens with one attached hydrogen (secondary N) is 1. The van der Waals surface area contributed by atoms with Crippen LogP contribution in [0.1, 0.15) is 25.5 Å². The van der Waals surface area contributed by atoms with E-state index in [-0.39, 0.29) is 12.6 Å². The molecule has 17 heavy (non-hydrogen) atoms. The zero-order valence-corrected chi connectivity index (χ0v) is 10.7. The van der Waals surface area contributed by atoms with Gasteiger partial charge in [0.25, 0.3) is 0 Å². The fraction of sp³-hybridized carbons (Fsp3) is 0.750. The molecule has 0 aromatic carbocycles. The van der Waals surface area contributed by atoms with E-state index in [0.29, 0.717) is 13.0 Å². The molecule has 5 heteroatoms. The minimum Gasteiger partial charge on any atom is -0.396 e. The topological polar surface area (TPSA) is 59.3 Å². The molecule has 0 aliphatic heterocycles. The zero-order chi connectivity index (χ0) is 12.5. The average Bonchev–Trinajstić information content (AvgIpc) is 2.75. The van der Waals surface area contributed by atoms with Crippen LogP contribution in [0.25, 0.3) is 0 Å². The third-order valence-electron chi connectivity index (χ3n) is 2.68. The van der Waals surface area contributed by atoms with Gasteiger partial charge in [-0.25, -0.2) is 4.98 Å². The number of methoxy groups -OCH3 is 1. The van der Waals surface area contributed by atoms with Crippen molar-refractivity contribution in [2.24, 2.45) is 0 Å². The number of hydrogen-bond acceptors (Lipinski definition) is 4. The van der Waals surface area contributed by atoms with E-state index >= 15 is 0 Å². The Kier molecular flexibility index (Phi) is 6.84. The number of ether oxygens (including phenoxy) is 1. The van der Waals surface area contributed by atoms with Gasteiger partial charge in [-0.2, -0.15) is 0 Å². The van der Waals surface area contributed by atoms with Crippen LogP contribution in [-0.4, -0.2) is 41.0 Å². The second kappa shape index (κ2) is 8.22. The maximum absolute atomic E-state index is 8.95. The summed E-state index contributed by atoms with van der Waals surface area (Å²) in [6.45, 7) is 4.69. The van der Waals surface area contributed by atoms with Gasteiger partial charge in [-0.1, -0.05) is 6.92 Å². The molecule has 0 fully saturated rings. The summed E-state index contributed by atoms with van der Waals surface area (Å²) in [5, 5.41) is 12.3. The second-order valence-corrected chi connectivity index (χ2v) is 4.12. The normalized spacial score (nSPS) is 12.9. The van der Waals surface area contributed by atoms with Gasteiger partial charge in [-0.05, 0) is 12.8 Å². The first-order chi connectivity index (χ1) is 8.31. The number of nitrogens with zero attached hydrogens (tertiary/aromatic N) is 2. The molecule has 1 aromatic rings. The maximum atomic E-state index is 8.95. The van der Waals surface area contributed by atoms with Crippen LogP contribution in [0.3, 0.4) is 0 Å². The van der Waals surface area contributed by atoms with Crippen LogP contribution in [-0.2, 0) is 17.8 Å². The molecule has 0 aliphatic carbocycles. The molecule has 1 unspecified atom stereocenters. The lowest BCUT2D eigenvalue weighted by atomic mass is 10.2. The monoisotopic (exact) mass is 241 g/mol. The van der Waals surface area contributed by atoms with Crippen LogP contribution < -0.4 is 5.32 Å². The highest BCUT2D eigenvalue weighted by molar-refractivity contribution is 4.98. The minimum absolute atomic E-state index is 0.176. The molecule has 98 valence electrons. The Hall–Kier alpha value is -0.910. The highest BCUT2D eigenvalue weighted by Crippen LogP contribution is 2.02. The second-order valence-electron chi connectivity index (χ2n) is 4.12. The van der Waals surface area contributed by atoms with E-state index in [4.69, 9.17) is 9.84 Å². The summed E-state index contributed by atoms with van der Waals surface area (Å²) in [5.74, 6) is 0. The highest BCUT2D eigenvalue weighted by atomic mass is 16.5. The Labute approximate surface area is 103 Å². The van der Waals surface area contributed by atoms with E-state index in [0.717, 1.165) is 19.5 Å². The fourth-order valence-corrected chi connectivity index (χ4v) is 1.79. The highest BCUT2D eigenvalue weighted by Gasteiger charge is 2.08.